The summed E-state index contributed by atoms with van der Waals surface area (Å²) in [6.45, 7) is 0.163. The first kappa shape index (κ1) is 17.8. The van der Waals surface area contributed by atoms with Crippen LogP contribution in [-0.4, -0.2) is 25.5 Å². The van der Waals surface area contributed by atoms with E-state index in [-0.39, 0.29) is 29.5 Å². The van der Waals surface area contributed by atoms with Crippen molar-refractivity contribution in [3.05, 3.63) is 85.6 Å². The van der Waals surface area contributed by atoms with Crippen molar-refractivity contribution < 1.29 is 14.6 Å². The summed E-state index contributed by atoms with van der Waals surface area (Å²) in [5, 5.41) is 36.0. The quantitative estimate of drug-likeness (QED) is 0.491. The van der Waals surface area contributed by atoms with E-state index in [9.17, 15) is 30.3 Å². The summed E-state index contributed by atoms with van der Waals surface area (Å²) in [4.78, 5) is 35.1. The van der Waals surface area contributed by atoms with Crippen LogP contribution in [-0.2, 0) is 6.54 Å². The average molecular weight is 390 g/mol. The van der Waals surface area contributed by atoms with E-state index in [4.69, 9.17) is 0 Å². The van der Waals surface area contributed by atoms with Gasteiger partial charge in [0.05, 0.1) is 28.7 Å². The van der Waals surface area contributed by atoms with Gasteiger partial charge in [0, 0.05) is 11.6 Å². The molecule has 11 heteroatoms. The lowest BCUT2D eigenvalue weighted by Crippen LogP contribution is -2.26. The van der Waals surface area contributed by atoms with Crippen molar-refractivity contribution in [3.8, 4) is 11.8 Å². The molecule has 0 aliphatic carbocycles. The lowest BCUT2D eigenvalue weighted by molar-refractivity contribution is -0.394. The van der Waals surface area contributed by atoms with Crippen LogP contribution in [0.4, 0.5) is 17.2 Å². The second-order valence-corrected chi connectivity index (χ2v) is 6.14. The number of hydrogen-bond donors (Lipinski definition) is 0. The van der Waals surface area contributed by atoms with Gasteiger partial charge in [0.25, 0.3) is 11.6 Å². The van der Waals surface area contributed by atoms with Crippen molar-refractivity contribution in [1.29, 1.82) is 5.26 Å². The Bertz CT molecular complexity index is 1240. The fourth-order valence-corrected chi connectivity index (χ4v) is 3.23. The fraction of sp³-hybridized carbons (Fsp3) is 0.0556. The number of benzene rings is 2. The van der Waals surface area contributed by atoms with Crippen molar-refractivity contribution in [3.63, 3.8) is 0 Å². The predicted molar refractivity (Wildman–Crippen MR) is 98.5 cm³/mol. The number of carbonyl (C=O) groups excluding carboxylic acids is 1. The Balaban J connectivity index is 1.90. The second kappa shape index (κ2) is 6.54. The largest absolute Gasteiger partial charge is 0.301 e. The lowest BCUT2D eigenvalue weighted by Gasteiger charge is -2.18. The Morgan fingerprint density at radius 2 is 1.86 bits per heavy atom. The van der Waals surface area contributed by atoms with Gasteiger partial charge in [-0.3, -0.25) is 29.9 Å². The maximum absolute atomic E-state index is 12.9. The van der Waals surface area contributed by atoms with Gasteiger partial charge in [-0.05, 0) is 17.7 Å². The molecule has 4 rings (SSSR count). The molecular weight excluding hydrogens is 380 g/mol. The van der Waals surface area contributed by atoms with Crippen molar-refractivity contribution in [2.75, 3.05) is 4.90 Å². The van der Waals surface area contributed by atoms with Crippen LogP contribution < -0.4 is 4.90 Å². The maximum atomic E-state index is 12.9. The molecule has 0 N–H and O–H groups in total. The number of fused-ring (bicyclic) bond motifs is 1. The molecule has 1 aromatic heterocycles. The molecule has 0 radical (unpaired) electrons. The number of aromatic nitrogens is 2. The highest BCUT2D eigenvalue weighted by atomic mass is 16.6. The fourth-order valence-electron chi connectivity index (χ4n) is 3.23. The van der Waals surface area contributed by atoms with E-state index in [2.05, 4.69) is 5.10 Å². The Kier molecular flexibility index (Phi) is 4.01. The number of nitriles is 1. The number of rotatable bonds is 4. The minimum Gasteiger partial charge on any atom is -0.287 e. The van der Waals surface area contributed by atoms with Crippen LogP contribution in [0.3, 0.4) is 0 Å². The highest BCUT2D eigenvalue weighted by molar-refractivity contribution is 6.10. The molecule has 0 fully saturated rings. The van der Waals surface area contributed by atoms with Gasteiger partial charge < -0.3 is 0 Å². The Morgan fingerprint density at radius 3 is 2.52 bits per heavy atom. The van der Waals surface area contributed by atoms with E-state index >= 15 is 0 Å². The first-order valence-corrected chi connectivity index (χ1v) is 8.23. The SMILES string of the molecule is N#Cc1cnn(-c2ccc([N+](=O)[O-])cc2[N+](=O)[O-])c1N1Cc2ccccc2C1=O. The molecular formula is C18H10N6O5. The molecule has 3 aromatic rings. The average Bonchev–Trinajstić information content (AvgIpc) is 3.28. The number of hydrogen-bond acceptors (Lipinski definition) is 7. The van der Waals surface area contributed by atoms with Crippen molar-refractivity contribution in [2.45, 2.75) is 6.54 Å². The zero-order valence-corrected chi connectivity index (χ0v) is 14.6. The highest BCUT2D eigenvalue weighted by Gasteiger charge is 2.34. The Labute approximate surface area is 162 Å². The highest BCUT2D eigenvalue weighted by Crippen LogP contribution is 2.35. The van der Waals surface area contributed by atoms with E-state index in [0.717, 1.165) is 22.4 Å². The van der Waals surface area contributed by atoms with Crippen molar-refractivity contribution in [1.82, 2.24) is 9.78 Å². The van der Waals surface area contributed by atoms with E-state index in [1.165, 1.54) is 17.2 Å². The van der Waals surface area contributed by atoms with Crippen LogP contribution in [0.15, 0.2) is 48.7 Å². The molecule has 11 nitrogen and oxygen atoms in total. The van der Waals surface area contributed by atoms with E-state index in [1.54, 1.807) is 24.3 Å². The number of carbonyl (C=O) groups is 1. The zero-order chi connectivity index (χ0) is 20.7. The minimum absolute atomic E-state index is 0.0406. The number of anilines is 1. The molecule has 1 amide bonds. The van der Waals surface area contributed by atoms with Gasteiger partial charge in [-0.1, -0.05) is 18.2 Å². The van der Waals surface area contributed by atoms with Gasteiger partial charge in [-0.2, -0.15) is 10.4 Å². The standard InChI is InChI=1S/C18H10N6O5/c19-8-12-9-20-22(15-6-5-13(23(26)27)7-16(15)24(28)29)17(12)21-10-11-3-1-2-4-14(11)18(21)25/h1-7,9H,10H2. The summed E-state index contributed by atoms with van der Waals surface area (Å²) < 4.78 is 1.09. The van der Waals surface area contributed by atoms with Crippen LogP contribution in [0.25, 0.3) is 5.69 Å². The van der Waals surface area contributed by atoms with E-state index < -0.39 is 21.2 Å². The maximum Gasteiger partial charge on any atom is 0.301 e. The third-order valence-electron chi connectivity index (χ3n) is 4.54. The molecule has 0 saturated carbocycles. The summed E-state index contributed by atoms with van der Waals surface area (Å²) in [6, 6.07) is 11.9. The summed E-state index contributed by atoms with van der Waals surface area (Å²) in [5.41, 5.74) is 0.117. The van der Waals surface area contributed by atoms with Gasteiger partial charge in [0.1, 0.15) is 17.3 Å². The van der Waals surface area contributed by atoms with Crippen LogP contribution in [0.1, 0.15) is 21.5 Å². The van der Waals surface area contributed by atoms with Crippen molar-refractivity contribution in [2.24, 2.45) is 0 Å². The second-order valence-electron chi connectivity index (χ2n) is 6.14. The normalized spacial score (nSPS) is 12.5. The molecule has 0 saturated heterocycles. The van der Waals surface area contributed by atoms with Crippen molar-refractivity contribution >= 4 is 23.1 Å². The molecule has 2 heterocycles. The van der Waals surface area contributed by atoms with Gasteiger partial charge >= 0.3 is 5.69 Å². The van der Waals surface area contributed by atoms with Crippen LogP contribution in [0.2, 0.25) is 0 Å². The first-order valence-electron chi connectivity index (χ1n) is 8.23. The number of non-ortho nitro benzene ring substituents is 1. The molecule has 1 aliphatic heterocycles. The Hall–Kier alpha value is -4.59. The van der Waals surface area contributed by atoms with Gasteiger partial charge in [0.15, 0.2) is 5.82 Å². The third-order valence-corrected chi connectivity index (χ3v) is 4.54. The monoisotopic (exact) mass is 390 g/mol. The summed E-state index contributed by atoms with van der Waals surface area (Å²) >= 11 is 0. The minimum atomic E-state index is -0.777. The molecule has 0 bridgehead atoms. The van der Waals surface area contributed by atoms with Gasteiger partial charge in [-0.25, -0.2) is 4.68 Å². The summed E-state index contributed by atoms with van der Waals surface area (Å²) in [6.07, 6.45) is 1.19. The van der Waals surface area contributed by atoms with E-state index in [1.807, 2.05) is 6.07 Å². The number of nitrogens with zero attached hydrogens (tertiary/aromatic N) is 6. The predicted octanol–water partition coefficient (Wildman–Crippen LogP) is 2.72. The first-order chi connectivity index (χ1) is 13.9. The zero-order valence-electron chi connectivity index (χ0n) is 14.6. The molecule has 0 spiro atoms. The summed E-state index contributed by atoms with van der Waals surface area (Å²) in [7, 11) is 0. The lowest BCUT2D eigenvalue weighted by atomic mass is 10.1. The third kappa shape index (κ3) is 2.76. The smallest absolute Gasteiger partial charge is 0.287 e. The van der Waals surface area contributed by atoms with Crippen LogP contribution in [0, 0.1) is 31.6 Å². The molecule has 142 valence electrons. The van der Waals surface area contributed by atoms with Crippen LogP contribution in [0.5, 0.6) is 0 Å². The molecule has 2 aromatic carbocycles. The topological polar surface area (TPSA) is 148 Å². The molecule has 29 heavy (non-hydrogen) atoms. The summed E-state index contributed by atoms with van der Waals surface area (Å²) in [5.74, 6) is -0.311. The van der Waals surface area contributed by atoms with E-state index in [0.29, 0.717) is 5.56 Å². The van der Waals surface area contributed by atoms with Crippen LogP contribution >= 0.6 is 0 Å². The van der Waals surface area contributed by atoms with Gasteiger partial charge in [0.2, 0.25) is 0 Å². The Morgan fingerprint density at radius 1 is 1.10 bits per heavy atom. The molecule has 0 atom stereocenters. The molecule has 1 aliphatic rings. The molecule has 0 unspecified atom stereocenters. The number of nitro benzene ring substituents is 2. The number of nitro groups is 2. The number of amides is 1. The van der Waals surface area contributed by atoms with Gasteiger partial charge in [-0.15, -0.1) is 0 Å².